The number of rotatable bonds is 4. The minimum Gasteiger partial charge on any atom is -0.496 e. The summed E-state index contributed by atoms with van der Waals surface area (Å²) >= 11 is 5.87. The summed E-state index contributed by atoms with van der Waals surface area (Å²) in [6.07, 6.45) is 2.32. The maximum Gasteiger partial charge on any atom is 0.275 e. The number of carbonyl (C=O) groups excluding carboxylic acids is 1. The third kappa shape index (κ3) is 3.01. The monoisotopic (exact) mass is 266 g/mol. The molecular weight excluding hydrogens is 252 g/mol. The number of ether oxygens (including phenoxy) is 1. The standard InChI is InChI=1S/C13H15ClN2O2/c1-8(9-3-4-9)15-16-13(17)11-7-10(14)5-6-12(11)18-2/h5-7,9H,3-4H2,1-2H3,(H,16,17)/b15-8+. The molecule has 0 spiro atoms. The first-order valence-electron chi connectivity index (χ1n) is 5.80. The highest BCUT2D eigenvalue weighted by Crippen LogP contribution is 2.30. The van der Waals surface area contributed by atoms with E-state index >= 15 is 0 Å². The highest BCUT2D eigenvalue weighted by atomic mass is 35.5. The zero-order valence-electron chi connectivity index (χ0n) is 10.4. The number of nitrogens with zero attached hydrogens (tertiary/aromatic N) is 1. The van der Waals surface area contributed by atoms with Crippen molar-refractivity contribution in [2.75, 3.05) is 7.11 Å². The van der Waals surface area contributed by atoms with Crippen molar-refractivity contribution < 1.29 is 9.53 Å². The van der Waals surface area contributed by atoms with Gasteiger partial charge in [0.2, 0.25) is 0 Å². The Labute approximate surface area is 111 Å². The zero-order valence-corrected chi connectivity index (χ0v) is 11.1. The molecule has 0 saturated heterocycles. The maximum atomic E-state index is 12.0. The Hall–Kier alpha value is -1.55. The van der Waals surface area contributed by atoms with Crippen LogP contribution in [0.3, 0.4) is 0 Å². The van der Waals surface area contributed by atoms with E-state index in [0.29, 0.717) is 22.3 Å². The van der Waals surface area contributed by atoms with E-state index in [9.17, 15) is 4.79 Å². The van der Waals surface area contributed by atoms with E-state index in [-0.39, 0.29) is 5.91 Å². The summed E-state index contributed by atoms with van der Waals surface area (Å²) in [5.41, 5.74) is 3.88. The van der Waals surface area contributed by atoms with E-state index in [1.165, 1.54) is 7.11 Å². The van der Waals surface area contributed by atoms with Crippen LogP contribution in [0, 0.1) is 5.92 Å². The molecule has 2 rings (SSSR count). The van der Waals surface area contributed by atoms with Crippen molar-refractivity contribution >= 4 is 23.2 Å². The van der Waals surface area contributed by atoms with E-state index in [4.69, 9.17) is 16.3 Å². The molecule has 0 atom stereocenters. The van der Waals surface area contributed by atoms with Gasteiger partial charge in [0.05, 0.1) is 12.7 Å². The summed E-state index contributed by atoms with van der Waals surface area (Å²) < 4.78 is 5.12. The Kier molecular flexibility index (Phi) is 3.87. The summed E-state index contributed by atoms with van der Waals surface area (Å²) in [5, 5.41) is 4.58. The Balaban J connectivity index is 2.12. The lowest BCUT2D eigenvalue weighted by Gasteiger charge is -2.07. The van der Waals surface area contributed by atoms with Gasteiger partial charge >= 0.3 is 0 Å². The van der Waals surface area contributed by atoms with Crippen molar-refractivity contribution in [3.8, 4) is 5.75 Å². The van der Waals surface area contributed by atoms with Crippen LogP contribution in [0.1, 0.15) is 30.1 Å². The topological polar surface area (TPSA) is 50.7 Å². The molecule has 4 nitrogen and oxygen atoms in total. The summed E-state index contributed by atoms with van der Waals surface area (Å²) in [5.74, 6) is 0.706. The molecule has 1 aromatic carbocycles. The number of amides is 1. The summed E-state index contributed by atoms with van der Waals surface area (Å²) in [4.78, 5) is 12.0. The number of halogens is 1. The number of benzene rings is 1. The second-order valence-electron chi connectivity index (χ2n) is 4.31. The van der Waals surface area contributed by atoms with Crippen LogP contribution in [-0.4, -0.2) is 18.7 Å². The number of nitrogens with one attached hydrogen (secondary N) is 1. The molecule has 1 aliphatic carbocycles. The van der Waals surface area contributed by atoms with E-state index in [1.807, 2.05) is 6.92 Å². The molecule has 1 saturated carbocycles. The predicted octanol–water partition coefficient (Wildman–Crippen LogP) is 2.86. The molecule has 0 radical (unpaired) electrons. The van der Waals surface area contributed by atoms with Crippen molar-refractivity contribution in [3.63, 3.8) is 0 Å². The Bertz CT molecular complexity index is 496. The maximum absolute atomic E-state index is 12.0. The lowest BCUT2D eigenvalue weighted by atomic mass is 10.2. The highest BCUT2D eigenvalue weighted by Gasteiger charge is 2.24. The van der Waals surface area contributed by atoms with E-state index in [1.54, 1.807) is 18.2 Å². The van der Waals surface area contributed by atoms with Crippen molar-refractivity contribution in [2.45, 2.75) is 19.8 Å². The van der Waals surface area contributed by atoms with E-state index < -0.39 is 0 Å². The van der Waals surface area contributed by atoms with Gasteiger partial charge in [-0.3, -0.25) is 4.79 Å². The molecule has 0 bridgehead atoms. The van der Waals surface area contributed by atoms with E-state index in [2.05, 4.69) is 10.5 Å². The SMILES string of the molecule is COc1ccc(Cl)cc1C(=O)N/N=C(\C)C1CC1. The molecular formula is C13H15ClN2O2. The molecule has 1 N–H and O–H groups in total. The molecule has 5 heteroatoms. The number of hydrogen-bond acceptors (Lipinski definition) is 3. The molecule has 0 unspecified atom stereocenters. The van der Waals surface area contributed by atoms with Crippen LogP contribution in [-0.2, 0) is 0 Å². The molecule has 0 aromatic heterocycles. The average molecular weight is 267 g/mol. The van der Waals surface area contributed by atoms with Gasteiger partial charge in [-0.05, 0) is 43.9 Å². The van der Waals surface area contributed by atoms with Gasteiger partial charge in [-0.25, -0.2) is 5.43 Å². The van der Waals surface area contributed by atoms with Gasteiger partial charge in [0.15, 0.2) is 0 Å². The van der Waals surface area contributed by atoms with Crippen LogP contribution in [0.2, 0.25) is 5.02 Å². The van der Waals surface area contributed by atoms with Crippen molar-refractivity contribution in [3.05, 3.63) is 28.8 Å². The largest absolute Gasteiger partial charge is 0.496 e. The van der Waals surface area contributed by atoms with Gasteiger partial charge in [-0.15, -0.1) is 0 Å². The highest BCUT2D eigenvalue weighted by molar-refractivity contribution is 6.31. The molecule has 0 heterocycles. The lowest BCUT2D eigenvalue weighted by Crippen LogP contribution is -2.20. The second-order valence-corrected chi connectivity index (χ2v) is 4.75. The first-order chi connectivity index (χ1) is 8.61. The molecule has 18 heavy (non-hydrogen) atoms. The Morgan fingerprint density at radius 1 is 1.50 bits per heavy atom. The number of methoxy groups -OCH3 is 1. The van der Waals surface area contributed by atoms with Gasteiger partial charge in [-0.1, -0.05) is 11.6 Å². The number of hydrazone groups is 1. The first kappa shape index (κ1) is 12.9. The fourth-order valence-electron chi connectivity index (χ4n) is 1.65. The van der Waals surface area contributed by atoms with Crippen LogP contribution in [0.4, 0.5) is 0 Å². The van der Waals surface area contributed by atoms with Gasteiger partial charge in [-0.2, -0.15) is 5.10 Å². The minimum atomic E-state index is -0.311. The molecule has 1 aromatic rings. The first-order valence-corrected chi connectivity index (χ1v) is 6.17. The predicted molar refractivity (Wildman–Crippen MR) is 71.3 cm³/mol. The summed E-state index contributed by atoms with van der Waals surface area (Å²) in [7, 11) is 1.51. The van der Waals surface area contributed by atoms with Crippen LogP contribution < -0.4 is 10.2 Å². The third-order valence-electron chi connectivity index (χ3n) is 2.91. The lowest BCUT2D eigenvalue weighted by molar-refractivity contribution is 0.0951. The quantitative estimate of drug-likeness (QED) is 0.673. The average Bonchev–Trinajstić information content (AvgIpc) is 3.19. The Morgan fingerprint density at radius 3 is 2.83 bits per heavy atom. The van der Waals surface area contributed by atoms with Crippen LogP contribution in [0.15, 0.2) is 23.3 Å². The fourth-order valence-corrected chi connectivity index (χ4v) is 1.82. The molecule has 96 valence electrons. The molecule has 1 aliphatic rings. The van der Waals surface area contributed by atoms with Gasteiger partial charge in [0.1, 0.15) is 5.75 Å². The smallest absolute Gasteiger partial charge is 0.275 e. The fraction of sp³-hybridized carbons (Fsp3) is 0.385. The van der Waals surface area contributed by atoms with E-state index in [0.717, 1.165) is 18.6 Å². The minimum absolute atomic E-state index is 0.311. The van der Waals surface area contributed by atoms with Crippen molar-refractivity contribution in [1.82, 2.24) is 5.43 Å². The molecule has 1 amide bonds. The van der Waals surface area contributed by atoms with Crippen LogP contribution in [0.5, 0.6) is 5.75 Å². The van der Waals surface area contributed by atoms with Crippen LogP contribution in [0.25, 0.3) is 0 Å². The molecule has 0 aliphatic heterocycles. The summed E-state index contributed by atoms with van der Waals surface area (Å²) in [6, 6.07) is 4.91. The molecule has 1 fully saturated rings. The van der Waals surface area contributed by atoms with Crippen molar-refractivity contribution in [2.24, 2.45) is 11.0 Å². The van der Waals surface area contributed by atoms with Gasteiger partial charge in [0, 0.05) is 10.7 Å². The third-order valence-corrected chi connectivity index (χ3v) is 3.14. The summed E-state index contributed by atoms with van der Waals surface area (Å²) in [6.45, 7) is 1.92. The van der Waals surface area contributed by atoms with Gasteiger partial charge in [0.25, 0.3) is 5.91 Å². The zero-order chi connectivity index (χ0) is 13.1. The number of carbonyl (C=O) groups is 1. The van der Waals surface area contributed by atoms with Crippen molar-refractivity contribution in [1.29, 1.82) is 0 Å². The second kappa shape index (κ2) is 5.40. The van der Waals surface area contributed by atoms with Gasteiger partial charge < -0.3 is 4.74 Å². The number of hydrogen-bond donors (Lipinski definition) is 1. The normalized spacial score (nSPS) is 15.4. The Morgan fingerprint density at radius 2 is 2.22 bits per heavy atom. The van der Waals surface area contributed by atoms with Crippen LogP contribution >= 0.6 is 11.6 Å².